The Labute approximate surface area is 90.5 Å². The SMILES string of the molecule is Oc1ccc(NCC2CCNCC2)cc1. The van der Waals surface area contributed by atoms with Crippen LogP contribution >= 0.6 is 0 Å². The quantitative estimate of drug-likeness (QED) is 0.661. The highest BCUT2D eigenvalue weighted by Gasteiger charge is 2.11. The van der Waals surface area contributed by atoms with Gasteiger partial charge in [0.15, 0.2) is 0 Å². The van der Waals surface area contributed by atoms with Crippen LogP contribution in [0, 0.1) is 5.92 Å². The highest BCUT2D eigenvalue weighted by molar-refractivity contribution is 5.45. The van der Waals surface area contributed by atoms with E-state index in [1.807, 2.05) is 12.1 Å². The van der Waals surface area contributed by atoms with Crippen molar-refractivity contribution >= 4 is 5.69 Å². The largest absolute Gasteiger partial charge is 0.508 e. The van der Waals surface area contributed by atoms with Gasteiger partial charge in [-0.05, 0) is 56.1 Å². The van der Waals surface area contributed by atoms with Crippen LogP contribution in [-0.2, 0) is 0 Å². The fraction of sp³-hybridized carbons (Fsp3) is 0.500. The monoisotopic (exact) mass is 206 g/mol. The average molecular weight is 206 g/mol. The Morgan fingerprint density at radius 3 is 2.53 bits per heavy atom. The topological polar surface area (TPSA) is 44.3 Å². The molecule has 1 heterocycles. The summed E-state index contributed by atoms with van der Waals surface area (Å²) in [6, 6.07) is 7.25. The van der Waals surface area contributed by atoms with Crippen LogP contribution in [0.25, 0.3) is 0 Å². The van der Waals surface area contributed by atoms with Gasteiger partial charge in [0, 0.05) is 12.2 Å². The molecule has 2 rings (SSSR count). The molecule has 3 heteroatoms. The summed E-state index contributed by atoms with van der Waals surface area (Å²) in [4.78, 5) is 0. The van der Waals surface area contributed by atoms with Gasteiger partial charge in [-0.1, -0.05) is 0 Å². The summed E-state index contributed by atoms with van der Waals surface area (Å²) in [6.07, 6.45) is 2.51. The van der Waals surface area contributed by atoms with Crippen molar-refractivity contribution in [3.63, 3.8) is 0 Å². The molecular weight excluding hydrogens is 188 g/mol. The summed E-state index contributed by atoms with van der Waals surface area (Å²) in [5.41, 5.74) is 1.09. The van der Waals surface area contributed by atoms with Gasteiger partial charge in [0.25, 0.3) is 0 Å². The first kappa shape index (κ1) is 10.3. The third kappa shape index (κ3) is 3.13. The fourth-order valence-electron chi connectivity index (χ4n) is 1.93. The third-order valence-electron chi connectivity index (χ3n) is 2.92. The molecule has 0 unspecified atom stereocenters. The molecule has 3 N–H and O–H groups in total. The van der Waals surface area contributed by atoms with Gasteiger partial charge in [-0.15, -0.1) is 0 Å². The van der Waals surface area contributed by atoms with Gasteiger partial charge in [-0.2, -0.15) is 0 Å². The zero-order valence-corrected chi connectivity index (χ0v) is 8.87. The van der Waals surface area contributed by atoms with Gasteiger partial charge in [0.1, 0.15) is 5.75 Å². The molecule has 3 nitrogen and oxygen atoms in total. The first-order valence-corrected chi connectivity index (χ1v) is 5.58. The fourth-order valence-corrected chi connectivity index (χ4v) is 1.93. The summed E-state index contributed by atoms with van der Waals surface area (Å²) in [6.45, 7) is 3.32. The van der Waals surface area contributed by atoms with Crippen molar-refractivity contribution in [3.05, 3.63) is 24.3 Å². The highest BCUT2D eigenvalue weighted by atomic mass is 16.3. The van der Waals surface area contributed by atoms with Crippen LogP contribution in [0.5, 0.6) is 5.75 Å². The van der Waals surface area contributed by atoms with Crippen LogP contribution in [0.3, 0.4) is 0 Å². The molecule has 15 heavy (non-hydrogen) atoms. The maximum absolute atomic E-state index is 9.14. The molecule has 1 aromatic carbocycles. The van der Waals surface area contributed by atoms with Crippen molar-refractivity contribution < 1.29 is 5.11 Å². The molecule has 0 aromatic heterocycles. The molecule has 0 saturated carbocycles. The lowest BCUT2D eigenvalue weighted by atomic mass is 9.98. The number of aromatic hydroxyl groups is 1. The van der Waals surface area contributed by atoms with Crippen molar-refractivity contribution in [2.45, 2.75) is 12.8 Å². The molecule has 1 saturated heterocycles. The van der Waals surface area contributed by atoms with E-state index in [1.165, 1.54) is 12.8 Å². The number of hydrogen-bond acceptors (Lipinski definition) is 3. The van der Waals surface area contributed by atoms with E-state index in [9.17, 15) is 0 Å². The molecule has 1 fully saturated rings. The van der Waals surface area contributed by atoms with Gasteiger partial charge in [0.05, 0.1) is 0 Å². The second-order valence-electron chi connectivity index (χ2n) is 4.12. The summed E-state index contributed by atoms with van der Waals surface area (Å²) in [5, 5.41) is 15.9. The minimum atomic E-state index is 0.322. The second kappa shape index (κ2) is 5.03. The molecule has 1 aromatic rings. The van der Waals surface area contributed by atoms with Crippen LogP contribution in [0.2, 0.25) is 0 Å². The number of hydrogen-bond donors (Lipinski definition) is 3. The molecule has 0 atom stereocenters. The maximum atomic E-state index is 9.14. The van der Waals surface area contributed by atoms with E-state index in [0.717, 1.165) is 31.2 Å². The van der Waals surface area contributed by atoms with Gasteiger partial charge >= 0.3 is 0 Å². The number of phenols is 1. The normalized spacial score (nSPS) is 17.6. The van der Waals surface area contributed by atoms with E-state index in [-0.39, 0.29) is 0 Å². The Balaban J connectivity index is 1.79. The number of rotatable bonds is 3. The van der Waals surface area contributed by atoms with E-state index in [4.69, 9.17) is 5.11 Å². The van der Waals surface area contributed by atoms with Crippen LogP contribution in [0.4, 0.5) is 5.69 Å². The Morgan fingerprint density at radius 1 is 1.20 bits per heavy atom. The summed E-state index contributed by atoms with van der Waals surface area (Å²) >= 11 is 0. The number of benzene rings is 1. The van der Waals surface area contributed by atoms with Crippen molar-refractivity contribution in [3.8, 4) is 5.75 Å². The van der Waals surface area contributed by atoms with Crippen molar-refractivity contribution in [2.75, 3.05) is 25.0 Å². The van der Waals surface area contributed by atoms with E-state index in [1.54, 1.807) is 12.1 Å². The molecular formula is C12H18N2O. The van der Waals surface area contributed by atoms with Crippen molar-refractivity contribution in [1.29, 1.82) is 0 Å². The highest BCUT2D eigenvalue weighted by Crippen LogP contribution is 2.16. The standard InChI is InChI=1S/C12H18N2O/c15-12-3-1-11(2-4-12)14-9-10-5-7-13-8-6-10/h1-4,10,13-15H,5-9H2. The number of piperidine rings is 1. The zero-order valence-electron chi connectivity index (χ0n) is 8.87. The van der Waals surface area contributed by atoms with Gasteiger partial charge in [-0.25, -0.2) is 0 Å². The van der Waals surface area contributed by atoms with E-state index >= 15 is 0 Å². The Hall–Kier alpha value is -1.22. The molecule has 0 amide bonds. The number of phenolic OH excluding ortho intramolecular Hbond substituents is 1. The lowest BCUT2D eigenvalue weighted by molar-refractivity contribution is 0.390. The average Bonchev–Trinajstić information content (AvgIpc) is 2.30. The first-order valence-electron chi connectivity index (χ1n) is 5.58. The van der Waals surface area contributed by atoms with E-state index in [0.29, 0.717) is 5.75 Å². The van der Waals surface area contributed by atoms with Crippen molar-refractivity contribution in [2.24, 2.45) is 5.92 Å². The Morgan fingerprint density at radius 2 is 1.87 bits per heavy atom. The summed E-state index contributed by atoms with van der Waals surface area (Å²) in [5.74, 6) is 1.10. The summed E-state index contributed by atoms with van der Waals surface area (Å²) in [7, 11) is 0. The molecule has 0 bridgehead atoms. The van der Waals surface area contributed by atoms with E-state index < -0.39 is 0 Å². The smallest absolute Gasteiger partial charge is 0.115 e. The molecule has 1 aliphatic heterocycles. The summed E-state index contributed by atoms with van der Waals surface area (Å²) < 4.78 is 0. The van der Waals surface area contributed by atoms with E-state index in [2.05, 4.69) is 10.6 Å². The van der Waals surface area contributed by atoms with Crippen LogP contribution in [0.15, 0.2) is 24.3 Å². The predicted octanol–water partition coefficient (Wildman–Crippen LogP) is 1.80. The molecule has 82 valence electrons. The Kier molecular flexibility index (Phi) is 3.45. The van der Waals surface area contributed by atoms with Crippen LogP contribution < -0.4 is 10.6 Å². The third-order valence-corrected chi connectivity index (χ3v) is 2.92. The first-order chi connectivity index (χ1) is 7.34. The van der Waals surface area contributed by atoms with Crippen LogP contribution in [-0.4, -0.2) is 24.7 Å². The minimum Gasteiger partial charge on any atom is -0.508 e. The van der Waals surface area contributed by atoms with Gasteiger partial charge < -0.3 is 15.7 Å². The second-order valence-corrected chi connectivity index (χ2v) is 4.12. The molecule has 1 aliphatic rings. The molecule has 0 aliphatic carbocycles. The van der Waals surface area contributed by atoms with Gasteiger partial charge in [-0.3, -0.25) is 0 Å². The number of anilines is 1. The van der Waals surface area contributed by atoms with Crippen LogP contribution in [0.1, 0.15) is 12.8 Å². The van der Waals surface area contributed by atoms with Gasteiger partial charge in [0.2, 0.25) is 0 Å². The lowest BCUT2D eigenvalue weighted by Gasteiger charge is -2.23. The lowest BCUT2D eigenvalue weighted by Crippen LogP contribution is -2.31. The molecule has 0 spiro atoms. The number of nitrogens with one attached hydrogen (secondary N) is 2. The molecule has 0 radical (unpaired) electrons. The Bertz CT molecular complexity index is 291. The maximum Gasteiger partial charge on any atom is 0.115 e. The van der Waals surface area contributed by atoms with Crippen molar-refractivity contribution in [1.82, 2.24) is 5.32 Å². The predicted molar refractivity (Wildman–Crippen MR) is 62.2 cm³/mol. The zero-order chi connectivity index (χ0) is 10.5. The minimum absolute atomic E-state index is 0.322.